The molecule has 3 nitrogen and oxygen atoms in total. The number of rotatable bonds is 0. The van der Waals surface area contributed by atoms with E-state index in [1.165, 1.54) is 0 Å². The molecule has 0 radical (unpaired) electrons. The first-order chi connectivity index (χ1) is 7.71. The van der Waals surface area contributed by atoms with E-state index >= 15 is 0 Å². The number of halogens is 1. The molecule has 1 aromatic carbocycles. The van der Waals surface area contributed by atoms with Crippen LogP contribution in [0.25, 0.3) is 0 Å². The molecule has 0 unspecified atom stereocenters. The molecule has 2 aliphatic rings. The van der Waals surface area contributed by atoms with Gasteiger partial charge in [0.2, 0.25) is 0 Å². The van der Waals surface area contributed by atoms with Crippen molar-refractivity contribution in [1.82, 2.24) is 0 Å². The number of hydrogen-bond donors (Lipinski definition) is 0. The Morgan fingerprint density at radius 3 is 2.75 bits per heavy atom. The number of ether oxygens (including phenoxy) is 2. The van der Waals surface area contributed by atoms with Gasteiger partial charge in [-0.25, -0.2) is 0 Å². The third kappa shape index (κ3) is 1.44. The van der Waals surface area contributed by atoms with Gasteiger partial charge in [-0.15, -0.1) is 0 Å². The predicted octanol–water partition coefficient (Wildman–Crippen LogP) is 2.18. The van der Waals surface area contributed by atoms with Crippen molar-refractivity contribution in [3.63, 3.8) is 0 Å². The van der Waals surface area contributed by atoms with Crippen LogP contribution < -0.4 is 0 Å². The van der Waals surface area contributed by atoms with E-state index in [1.54, 1.807) is 0 Å². The Labute approximate surface area is 102 Å². The van der Waals surface area contributed by atoms with Gasteiger partial charge in [0.15, 0.2) is 5.78 Å². The number of hydrogen-bond acceptors (Lipinski definition) is 3. The van der Waals surface area contributed by atoms with Crippen LogP contribution in [-0.4, -0.2) is 25.8 Å². The fraction of sp³-hybridized carbons (Fsp3) is 0.417. The second-order valence-corrected chi connectivity index (χ2v) is 5.32. The van der Waals surface area contributed by atoms with Gasteiger partial charge in [-0.05, 0) is 30.2 Å². The molecule has 1 fully saturated rings. The van der Waals surface area contributed by atoms with Crippen molar-refractivity contribution in [2.45, 2.75) is 6.42 Å². The van der Waals surface area contributed by atoms with Crippen LogP contribution in [0, 0.1) is 5.41 Å². The highest BCUT2D eigenvalue weighted by Gasteiger charge is 2.47. The van der Waals surface area contributed by atoms with Crippen LogP contribution in [0.15, 0.2) is 22.7 Å². The lowest BCUT2D eigenvalue weighted by Gasteiger charge is -2.31. The average molecular weight is 283 g/mol. The molecule has 0 atom stereocenters. The highest BCUT2D eigenvalue weighted by molar-refractivity contribution is 9.10. The van der Waals surface area contributed by atoms with Gasteiger partial charge in [-0.3, -0.25) is 4.79 Å². The summed E-state index contributed by atoms with van der Waals surface area (Å²) in [5, 5.41) is 0. The predicted molar refractivity (Wildman–Crippen MR) is 61.4 cm³/mol. The van der Waals surface area contributed by atoms with Crippen molar-refractivity contribution in [1.29, 1.82) is 0 Å². The van der Waals surface area contributed by atoms with E-state index in [1.807, 2.05) is 18.2 Å². The van der Waals surface area contributed by atoms with Crippen LogP contribution in [0.5, 0.6) is 0 Å². The molecule has 84 valence electrons. The lowest BCUT2D eigenvalue weighted by Crippen LogP contribution is -2.42. The van der Waals surface area contributed by atoms with E-state index in [4.69, 9.17) is 9.47 Å². The number of ketones is 1. The lowest BCUT2D eigenvalue weighted by molar-refractivity contribution is -0.147. The molecule has 4 heteroatoms. The molecule has 1 spiro atoms. The largest absolute Gasteiger partial charge is 0.354 e. The summed E-state index contributed by atoms with van der Waals surface area (Å²) < 4.78 is 11.6. The van der Waals surface area contributed by atoms with Gasteiger partial charge in [0, 0.05) is 10.0 Å². The van der Waals surface area contributed by atoms with E-state index in [9.17, 15) is 4.79 Å². The van der Waals surface area contributed by atoms with Crippen LogP contribution in [0.3, 0.4) is 0 Å². The summed E-state index contributed by atoms with van der Waals surface area (Å²) in [6.07, 6.45) is 0.723. The fourth-order valence-corrected chi connectivity index (χ4v) is 2.88. The molecule has 1 aliphatic carbocycles. The first-order valence-corrected chi connectivity index (χ1v) is 5.99. The first-order valence-electron chi connectivity index (χ1n) is 5.20. The maximum atomic E-state index is 12.3. The van der Waals surface area contributed by atoms with Gasteiger partial charge in [0.25, 0.3) is 0 Å². The van der Waals surface area contributed by atoms with Crippen molar-refractivity contribution in [3.05, 3.63) is 33.8 Å². The van der Waals surface area contributed by atoms with Crippen LogP contribution in [0.4, 0.5) is 0 Å². The minimum atomic E-state index is -0.471. The summed E-state index contributed by atoms with van der Waals surface area (Å²) in [6.45, 7) is 1.24. The number of carbonyl (C=O) groups excluding carboxylic acids is 1. The zero-order chi connectivity index (χ0) is 11.2. The molecule has 3 rings (SSSR count). The molecule has 1 heterocycles. The smallest absolute Gasteiger partial charge is 0.174 e. The Kier molecular flexibility index (Phi) is 2.38. The van der Waals surface area contributed by atoms with Crippen LogP contribution in [0.1, 0.15) is 15.9 Å². The molecule has 1 aromatic rings. The van der Waals surface area contributed by atoms with Crippen LogP contribution in [0.2, 0.25) is 0 Å². The standard InChI is InChI=1S/C12H11BrO3/c13-9-1-2-10-8(3-9)4-12(11(10)14)5-15-7-16-6-12/h1-3H,4-7H2. The van der Waals surface area contributed by atoms with Crippen molar-refractivity contribution >= 4 is 21.7 Å². The third-order valence-corrected chi connectivity index (χ3v) is 3.74. The Morgan fingerprint density at radius 1 is 1.25 bits per heavy atom. The second-order valence-electron chi connectivity index (χ2n) is 4.40. The summed E-state index contributed by atoms with van der Waals surface area (Å²) in [7, 11) is 0. The summed E-state index contributed by atoms with van der Waals surface area (Å²) in [5.41, 5.74) is 1.44. The van der Waals surface area contributed by atoms with Gasteiger partial charge in [0.1, 0.15) is 6.79 Å². The second kappa shape index (κ2) is 3.65. The lowest BCUT2D eigenvalue weighted by atomic mass is 9.85. The number of Topliss-reactive ketones (excluding diaryl/α,β-unsaturated/α-hetero) is 1. The highest BCUT2D eigenvalue weighted by atomic mass is 79.9. The quantitative estimate of drug-likeness (QED) is 0.732. The summed E-state index contributed by atoms with van der Waals surface area (Å²) in [6, 6.07) is 5.79. The van der Waals surface area contributed by atoms with Gasteiger partial charge in [-0.1, -0.05) is 15.9 Å². The zero-order valence-electron chi connectivity index (χ0n) is 8.66. The fourth-order valence-electron chi connectivity index (χ4n) is 2.47. The molecule has 1 aliphatic heterocycles. The normalized spacial score (nSPS) is 22.4. The van der Waals surface area contributed by atoms with E-state index in [-0.39, 0.29) is 5.78 Å². The van der Waals surface area contributed by atoms with E-state index in [0.29, 0.717) is 20.0 Å². The summed E-state index contributed by atoms with van der Waals surface area (Å²) >= 11 is 3.42. The highest BCUT2D eigenvalue weighted by Crippen LogP contribution is 2.39. The van der Waals surface area contributed by atoms with Gasteiger partial charge in [0.05, 0.1) is 18.6 Å². The Bertz CT molecular complexity index is 450. The van der Waals surface area contributed by atoms with E-state index in [2.05, 4.69) is 15.9 Å². The van der Waals surface area contributed by atoms with Crippen LogP contribution in [-0.2, 0) is 15.9 Å². The molecule has 16 heavy (non-hydrogen) atoms. The topological polar surface area (TPSA) is 35.5 Å². The molecule has 0 saturated carbocycles. The van der Waals surface area contributed by atoms with Gasteiger partial charge < -0.3 is 9.47 Å². The molecular formula is C12H11BrO3. The molecule has 0 aromatic heterocycles. The minimum absolute atomic E-state index is 0.162. The number of fused-ring (bicyclic) bond motifs is 1. The molecule has 0 N–H and O–H groups in total. The Hall–Kier alpha value is -0.710. The monoisotopic (exact) mass is 282 g/mol. The maximum absolute atomic E-state index is 12.3. The average Bonchev–Trinajstić information content (AvgIpc) is 2.53. The van der Waals surface area contributed by atoms with Crippen molar-refractivity contribution in [2.24, 2.45) is 5.41 Å². The maximum Gasteiger partial charge on any atom is 0.174 e. The zero-order valence-corrected chi connectivity index (χ0v) is 10.2. The van der Waals surface area contributed by atoms with E-state index in [0.717, 1.165) is 22.0 Å². The van der Waals surface area contributed by atoms with Gasteiger partial charge in [-0.2, -0.15) is 0 Å². The third-order valence-electron chi connectivity index (χ3n) is 3.25. The van der Waals surface area contributed by atoms with Gasteiger partial charge >= 0.3 is 0 Å². The molecule has 0 amide bonds. The minimum Gasteiger partial charge on any atom is -0.354 e. The SMILES string of the molecule is O=C1c2ccc(Br)cc2CC12COCOC2. The van der Waals surface area contributed by atoms with Crippen molar-refractivity contribution in [2.75, 3.05) is 20.0 Å². The van der Waals surface area contributed by atoms with Crippen molar-refractivity contribution in [3.8, 4) is 0 Å². The number of carbonyl (C=O) groups is 1. The van der Waals surface area contributed by atoms with Crippen LogP contribution >= 0.6 is 15.9 Å². The summed E-state index contributed by atoms with van der Waals surface area (Å²) in [5.74, 6) is 0.162. The van der Waals surface area contributed by atoms with E-state index < -0.39 is 5.41 Å². The molecular weight excluding hydrogens is 272 g/mol. The van der Waals surface area contributed by atoms with Crippen molar-refractivity contribution < 1.29 is 14.3 Å². The molecule has 1 saturated heterocycles. The summed E-state index contributed by atoms with van der Waals surface area (Å²) in [4.78, 5) is 12.3. The Balaban J connectivity index is 2.02. The first kappa shape index (κ1) is 10.4. The number of benzene rings is 1. The molecule has 0 bridgehead atoms. The Morgan fingerprint density at radius 2 is 2.00 bits per heavy atom.